The normalized spacial score (nSPS) is 10.4. The van der Waals surface area contributed by atoms with Crippen LogP contribution in [0.2, 0.25) is 0 Å². The highest BCUT2D eigenvalue weighted by molar-refractivity contribution is 9.10. The number of esters is 2. The Kier molecular flexibility index (Phi) is 8.61. The van der Waals surface area contributed by atoms with Gasteiger partial charge in [-0.05, 0) is 46.1 Å². The van der Waals surface area contributed by atoms with Gasteiger partial charge in [0.25, 0.3) is 5.69 Å². The molecule has 9 nitrogen and oxygen atoms in total. The van der Waals surface area contributed by atoms with Crippen molar-refractivity contribution >= 4 is 50.6 Å². The molecule has 11 heteroatoms. The molecule has 178 valence electrons. The third kappa shape index (κ3) is 6.12. The van der Waals surface area contributed by atoms with Gasteiger partial charge < -0.3 is 19.5 Å². The molecule has 3 aromatic rings. The number of carbonyl (C=O) groups excluding carboxylic acids is 2. The second-order valence-electron chi connectivity index (χ2n) is 6.85. The Balaban J connectivity index is 1.84. The van der Waals surface area contributed by atoms with Gasteiger partial charge in [0.1, 0.15) is 0 Å². The Hall–Kier alpha value is -3.44. The predicted octanol–water partition coefficient (Wildman–Crippen LogP) is 5.43. The number of nitro groups is 1. The van der Waals surface area contributed by atoms with Gasteiger partial charge in [-0.15, -0.1) is 11.3 Å². The zero-order chi connectivity index (χ0) is 24.7. The minimum Gasteiger partial charge on any atom is -0.479 e. The van der Waals surface area contributed by atoms with E-state index in [4.69, 9.17) is 14.2 Å². The van der Waals surface area contributed by atoms with Crippen molar-refractivity contribution in [1.82, 2.24) is 0 Å². The van der Waals surface area contributed by atoms with Crippen molar-refractivity contribution in [2.75, 3.05) is 25.6 Å². The first kappa shape index (κ1) is 25.2. The summed E-state index contributed by atoms with van der Waals surface area (Å²) in [6.07, 6.45) is 0. The van der Waals surface area contributed by atoms with E-state index in [9.17, 15) is 19.7 Å². The molecule has 0 bridgehead atoms. The number of benzene rings is 2. The summed E-state index contributed by atoms with van der Waals surface area (Å²) in [4.78, 5) is 35.5. The summed E-state index contributed by atoms with van der Waals surface area (Å²) in [6.45, 7) is 1.95. The van der Waals surface area contributed by atoms with Crippen molar-refractivity contribution in [2.24, 2.45) is 0 Å². The highest BCUT2D eigenvalue weighted by Gasteiger charge is 2.25. The molecule has 3 rings (SSSR count). The number of hydrogen-bond donors (Lipinski definition) is 1. The Morgan fingerprint density at radius 2 is 1.94 bits per heavy atom. The van der Waals surface area contributed by atoms with E-state index in [1.165, 1.54) is 19.2 Å². The summed E-state index contributed by atoms with van der Waals surface area (Å²) in [5.74, 6) is -0.934. The maximum Gasteiger partial charge on any atom is 0.351 e. The number of nitrogens with one attached hydrogen (secondary N) is 1. The smallest absolute Gasteiger partial charge is 0.351 e. The Morgan fingerprint density at radius 1 is 1.18 bits per heavy atom. The van der Waals surface area contributed by atoms with Crippen molar-refractivity contribution in [3.63, 3.8) is 0 Å². The monoisotopic (exact) mass is 548 g/mol. The number of nitro benzene ring substituents is 1. The number of carbonyl (C=O) groups is 2. The van der Waals surface area contributed by atoms with Crippen LogP contribution in [-0.2, 0) is 20.8 Å². The minimum atomic E-state index is -0.587. The van der Waals surface area contributed by atoms with Crippen LogP contribution in [0.3, 0.4) is 0 Å². The molecule has 0 atom stereocenters. The Labute approximate surface area is 207 Å². The summed E-state index contributed by atoms with van der Waals surface area (Å²) in [5, 5.41) is 14.2. The lowest BCUT2D eigenvalue weighted by Crippen LogP contribution is -2.15. The van der Waals surface area contributed by atoms with E-state index in [-0.39, 0.29) is 29.5 Å². The topological polar surface area (TPSA) is 117 Å². The molecule has 1 N–H and O–H groups in total. The van der Waals surface area contributed by atoms with E-state index in [1.807, 2.05) is 24.3 Å². The third-order valence-corrected chi connectivity index (χ3v) is 6.78. The fourth-order valence-electron chi connectivity index (χ4n) is 3.03. The summed E-state index contributed by atoms with van der Waals surface area (Å²) in [7, 11) is 1.27. The van der Waals surface area contributed by atoms with E-state index < -0.39 is 16.9 Å². The zero-order valence-electron chi connectivity index (χ0n) is 18.3. The average molecular weight is 549 g/mol. The largest absolute Gasteiger partial charge is 0.479 e. The molecule has 0 spiro atoms. The fraction of sp³-hybridized carbons (Fsp3) is 0.217. The molecule has 0 unspecified atom stereocenters. The molecule has 0 aliphatic rings. The number of anilines is 1. The molecule has 0 fully saturated rings. The highest BCUT2D eigenvalue weighted by Crippen LogP contribution is 2.46. The molecular formula is C23H21BrN2O7S. The predicted molar refractivity (Wildman–Crippen MR) is 131 cm³/mol. The van der Waals surface area contributed by atoms with Gasteiger partial charge in [0.05, 0.1) is 28.0 Å². The van der Waals surface area contributed by atoms with Crippen LogP contribution in [0.4, 0.5) is 11.4 Å². The molecule has 0 saturated carbocycles. The molecule has 2 aromatic carbocycles. The van der Waals surface area contributed by atoms with Crippen molar-refractivity contribution in [3.05, 3.63) is 73.6 Å². The van der Waals surface area contributed by atoms with Gasteiger partial charge in [-0.1, -0.05) is 24.3 Å². The fourth-order valence-corrected chi connectivity index (χ4v) is 4.99. The number of methoxy groups -OCH3 is 1. The summed E-state index contributed by atoms with van der Waals surface area (Å²) >= 11 is 4.65. The summed E-state index contributed by atoms with van der Waals surface area (Å²) < 4.78 is 15.9. The number of ether oxygens (including phenoxy) is 3. The van der Waals surface area contributed by atoms with E-state index in [2.05, 4.69) is 21.2 Å². The van der Waals surface area contributed by atoms with E-state index in [0.29, 0.717) is 15.9 Å². The minimum absolute atomic E-state index is 0.0289. The number of rotatable bonds is 10. The van der Waals surface area contributed by atoms with Gasteiger partial charge >= 0.3 is 11.9 Å². The van der Waals surface area contributed by atoms with Gasteiger partial charge in [0.2, 0.25) is 0 Å². The van der Waals surface area contributed by atoms with Crippen LogP contribution in [0.25, 0.3) is 10.4 Å². The number of halogens is 1. The number of nitrogens with zero attached hydrogens (tertiary/aromatic N) is 1. The quantitative estimate of drug-likeness (QED) is 0.202. The number of thiophene rings is 1. The molecule has 1 aromatic heterocycles. The lowest BCUT2D eigenvalue weighted by atomic mass is 10.1. The maximum absolute atomic E-state index is 12.3. The van der Waals surface area contributed by atoms with Gasteiger partial charge in [-0.3, -0.25) is 10.1 Å². The average Bonchev–Trinajstić information content (AvgIpc) is 3.17. The highest BCUT2D eigenvalue weighted by atomic mass is 79.9. The molecule has 1 heterocycles. The van der Waals surface area contributed by atoms with E-state index in [1.54, 1.807) is 19.1 Å². The van der Waals surface area contributed by atoms with Gasteiger partial charge in [0, 0.05) is 24.4 Å². The van der Waals surface area contributed by atoms with Crippen LogP contribution in [0.5, 0.6) is 5.75 Å². The van der Waals surface area contributed by atoms with Crippen LogP contribution in [0, 0.1) is 10.1 Å². The molecular weight excluding hydrogens is 528 g/mol. The first-order chi connectivity index (χ1) is 16.3. The second-order valence-corrected chi connectivity index (χ2v) is 8.66. The molecule has 0 radical (unpaired) electrons. The second kappa shape index (κ2) is 11.6. The molecule has 0 aliphatic heterocycles. The van der Waals surface area contributed by atoms with Crippen molar-refractivity contribution in [3.8, 4) is 16.2 Å². The first-order valence-corrected chi connectivity index (χ1v) is 11.7. The lowest BCUT2D eigenvalue weighted by molar-refractivity contribution is -0.384. The lowest BCUT2D eigenvalue weighted by Gasteiger charge is -2.09. The van der Waals surface area contributed by atoms with Crippen LogP contribution < -0.4 is 10.1 Å². The summed E-state index contributed by atoms with van der Waals surface area (Å²) in [6, 6.07) is 13.9. The number of non-ortho nitro benzene ring substituents is 1. The molecule has 34 heavy (non-hydrogen) atoms. The Morgan fingerprint density at radius 3 is 2.65 bits per heavy atom. The van der Waals surface area contributed by atoms with Crippen LogP contribution >= 0.6 is 27.3 Å². The molecule has 0 amide bonds. The van der Waals surface area contributed by atoms with Gasteiger partial charge in [0.15, 0.2) is 17.2 Å². The zero-order valence-corrected chi connectivity index (χ0v) is 20.7. The first-order valence-electron chi connectivity index (χ1n) is 10.1. The molecule has 0 aliphatic carbocycles. The summed E-state index contributed by atoms with van der Waals surface area (Å²) in [5.41, 5.74) is 2.36. The Bertz CT molecular complexity index is 1210. The number of hydrogen-bond acceptors (Lipinski definition) is 9. The van der Waals surface area contributed by atoms with Crippen LogP contribution in [0.15, 0.2) is 53.0 Å². The van der Waals surface area contributed by atoms with Gasteiger partial charge in [-0.25, -0.2) is 9.59 Å². The van der Waals surface area contributed by atoms with Crippen LogP contribution in [-0.4, -0.2) is 37.2 Å². The maximum atomic E-state index is 12.3. The van der Waals surface area contributed by atoms with Crippen LogP contribution in [0.1, 0.15) is 22.2 Å². The SMILES string of the molecule is CCOC(=O)COc1c(C(=O)OC)sc(-c2cccc(NCc3cccc([N+](=O)[O-])c3)c2)c1Br. The molecule has 0 saturated heterocycles. The van der Waals surface area contributed by atoms with Gasteiger partial charge in [-0.2, -0.15) is 0 Å². The van der Waals surface area contributed by atoms with E-state index >= 15 is 0 Å². The standard InChI is InChI=1S/C23H21BrN2O7S/c1-3-32-18(27)13-33-20-19(24)21(34-22(20)23(28)31-2)15-7-5-8-16(11-15)25-12-14-6-4-9-17(10-14)26(29)30/h4-11,25H,3,12-13H2,1-2H3. The third-order valence-electron chi connectivity index (χ3n) is 4.56. The van der Waals surface area contributed by atoms with E-state index in [0.717, 1.165) is 28.2 Å². The van der Waals surface area contributed by atoms with Crippen molar-refractivity contribution in [2.45, 2.75) is 13.5 Å². The van der Waals surface area contributed by atoms with Crippen molar-refractivity contribution in [1.29, 1.82) is 0 Å². The van der Waals surface area contributed by atoms with Crippen molar-refractivity contribution < 1.29 is 28.7 Å².